The van der Waals surface area contributed by atoms with Crippen LogP contribution in [-0.4, -0.2) is 54.7 Å². The third kappa shape index (κ3) is 4.28. The summed E-state index contributed by atoms with van der Waals surface area (Å²) in [6.45, 7) is 6.62. The number of methoxy groups -OCH3 is 1. The number of fused-ring (bicyclic) bond motifs is 1. The number of benzene rings is 1. The van der Waals surface area contributed by atoms with E-state index in [2.05, 4.69) is 5.16 Å². The number of rotatable bonds is 4. The van der Waals surface area contributed by atoms with Crippen molar-refractivity contribution in [2.24, 2.45) is 11.1 Å². The Labute approximate surface area is 171 Å². The summed E-state index contributed by atoms with van der Waals surface area (Å²) in [6, 6.07) is 5.87. The fraction of sp³-hybridized carbons (Fsp3) is 0.636. The molecule has 2 atom stereocenters. The molecule has 7 nitrogen and oxygen atoms in total. The third-order valence-electron chi connectivity index (χ3n) is 5.61. The zero-order chi connectivity index (χ0) is 20.6. The molecular formula is C22H30N2O5. The van der Waals surface area contributed by atoms with Gasteiger partial charge in [0.1, 0.15) is 5.60 Å². The second kappa shape index (κ2) is 7.76. The molecule has 2 unspecified atom stereocenters. The molecular weight excluding hydrogens is 372 g/mol. The Bertz CT molecular complexity index is 795. The van der Waals surface area contributed by atoms with E-state index in [0.717, 1.165) is 35.6 Å². The lowest BCUT2D eigenvalue weighted by molar-refractivity contribution is 0.0228. The molecule has 4 rings (SSSR count). The Morgan fingerprint density at radius 2 is 1.93 bits per heavy atom. The molecule has 3 aliphatic rings. The zero-order valence-corrected chi connectivity index (χ0v) is 17.6. The van der Waals surface area contributed by atoms with Crippen LogP contribution in [-0.2, 0) is 9.57 Å². The fourth-order valence-corrected chi connectivity index (χ4v) is 4.19. The van der Waals surface area contributed by atoms with Crippen LogP contribution in [0, 0.1) is 5.92 Å². The van der Waals surface area contributed by atoms with Gasteiger partial charge in [-0.25, -0.2) is 4.79 Å². The predicted octanol–water partition coefficient (Wildman–Crippen LogP) is 3.99. The highest BCUT2D eigenvalue weighted by Crippen LogP contribution is 2.36. The lowest BCUT2D eigenvalue weighted by Crippen LogP contribution is -2.36. The van der Waals surface area contributed by atoms with Crippen molar-refractivity contribution in [1.29, 1.82) is 0 Å². The van der Waals surface area contributed by atoms with Crippen molar-refractivity contribution in [2.45, 2.75) is 64.3 Å². The zero-order valence-electron chi connectivity index (χ0n) is 17.6. The Morgan fingerprint density at radius 3 is 2.62 bits per heavy atom. The van der Waals surface area contributed by atoms with Crippen LogP contribution in [0.1, 0.15) is 52.0 Å². The number of hydrogen-bond donors (Lipinski definition) is 0. The first-order valence-corrected chi connectivity index (χ1v) is 10.4. The summed E-state index contributed by atoms with van der Waals surface area (Å²) in [5.74, 6) is 1.49. The molecule has 2 heterocycles. The number of carbonyl (C=O) groups excluding carboxylic acids is 1. The van der Waals surface area contributed by atoms with Gasteiger partial charge in [0.15, 0.2) is 17.6 Å². The van der Waals surface area contributed by atoms with E-state index in [0.29, 0.717) is 13.1 Å². The van der Waals surface area contributed by atoms with E-state index in [-0.39, 0.29) is 24.2 Å². The second-order valence-electron chi connectivity index (χ2n) is 9.00. The van der Waals surface area contributed by atoms with Crippen molar-refractivity contribution in [3.8, 4) is 11.5 Å². The largest absolute Gasteiger partial charge is 0.493 e. The maximum atomic E-state index is 12.4. The Kier molecular flexibility index (Phi) is 5.32. The molecule has 1 saturated carbocycles. The maximum absolute atomic E-state index is 12.4. The Balaban J connectivity index is 1.49. The highest BCUT2D eigenvalue weighted by atomic mass is 16.6. The molecule has 158 valence electrons. The number of likely N-dealkylation sites (tertiary alicyclic amines) is 1. The van der Waals surface area contributed by atoms with E-state index >= 15 is 0 Å². The highest BCUT2D eigenvalue weighted by molar-refractivity contribution is 6.04. The van der Waals surface area contributed by atoms with Gasteiger partial charge in [-0.05, 0) is 64.7 Å². The Hall–Kier alpha value is -2.44. The molecule has 0 N–H and O–H groups in total. The van der Waals surface area contributed by atoms with Crippen molar-refractivity contribution in [2.75, 3.05) is 20.2 Å². The quantitative estimate of drug-likeness (QED) is 0.762. The van der Waals surface area contributed by atoms with Crippen LogP contribution >= 0.6 is 0 Å². The first-order chi connectivity index (χ1) is 13.8. The molecule has 1 aromatic rings. The predicted molar refractivity (Wildman–Crippen MR) is 109 cm³/mol. The van der Waals surface area contributed by atoms with Gasteiger partial charge in [-0.1, -0.05) is 5.16 Å². The number of hydrogen-bond acceptors (Lipinski definition) is 6. The van der Waals surface area contributed by atoms with Crippen molar-refractivity contribution < 1.29 is 23.8 Å². The van der Waals surface area contributed by atoms with Gasteiger partial charge < -0.3 is 23.9 Å². The van der Waals surface area contributed by atoms with Crippen LogP contribution in [0.2, 0.25) is 0 Å². The van der Waals surface area contributed by atoms with Crippen molar-refractivity contribution in [3.05, 3.63) is 23.8 Å². The van der Waals surface area contributed by atoms with Crippen molar-refractivity contribution >= 4 is 11.8 Å². The number of ether oxygens (including phenoxy) is 3. The first-order valence-electron chi connectivity index (χ1n) is 10.4. The molecule has 0 bridgehead atoms. The Morgan fingerprint density at radius 1 is 1.17 bits per heavy atom. The van der Waals surface area contributed by atoms with Crippen molar-refractivity contribution in [3.63, 3.8) is 0 Å². The third-order valence-corrected chi connectivity index (χ3v) is 5.61. The van der Waals surface area contributed by atoms with Gasteiger partial charge in [-0.15, -0.1) is 0 Å². The molecule has 1 aliphatic carbocycles. The summed E-state index contributed by atoms with van der Waals surface area (Å²) in [5, 5.41) is 4.33. The summed E-state index contributed by atoms with van der Waals surface area (Å²) in [5.41, 5.74) is 1.27. The molecule has 1 saturated heterocycles. The average molecular weight is 402 g/mol. The van der Waals surface area contributed by atoms with Gasteiger partial charge in [0, 0.05) is 12.1 Å². The van der Waals surface area contributed by atoms with Crippen LogP contribution in [0.25, 0.3) is 0 Å². The van der Waals surface area contributed by atoms with Gasteiger partial charge in [0.25, 0.3) is 0 Å². The summed E-state index contributed by atoms with van der Waals surface area (Å²) in [7, 11) is 1.65. The molecule has 2 aliphatic heterocycles. The SMILES string of the molecule is COc1ccc(C2=NOC3CN(C(=O)OC(C)(C)C)CC23)cc1OC1CCCC1. The molecule has 0 radical (unpaired) electrons. The van der Waals surface area contributed by atoms with Gasteiger partial charge in [0.2, 0.25) is 0 Å². The van der Waals surface area contributed by atoms with E-state index in [4.69, 9.17) is 19.0 Å². The molecule has 1 amide bonds. The average Bonchev–Trinajstić information content (AvgIpc) is 3.37. The van der Waals surface area contributed by atoms with Crippen molar-refractivity contribution in [1.82, 2.24) is 4.90 Å². The smallest absolute Gasteiger partial charge is 0.410 e. The fourth-order valence-electron chi connectivity index (χ4n) is 4.19. The maximum Gasteiger partial charge on any atom is 0.410 e. The minimum Gasteiger partial charge on any atom is -0.493 e. The van der Waals surface area contributed by atoms with Gasteiger partial charge in [-0.3, -0.25) is 0 Å². The summed E-state index contributed by atoms with van der Waals surface area (Å²) in [4.78, 5) is 19.8. The first kappa shape index (κ1) is 19.9. The van der Waals surface area contributed by atoms with Crippen LogP contribution < -0.4 is 9.47 Å². The lowest BCUT2D eigenvalue weighted by Gasteiger charge is -2.24. The highest BCUT2D eigenvalue weighted by Gasteiger charge is 2.45. The van der Waals surface area contributed by atoms with Crippen LogP contribution in [0.3, 0.4) is 0 Å². The standard InChI is InChI=1S/C22H30N2O5/c1-22(2,3)28-21(25)24-12-16-19(13-24)29-23-20(16)14-9-10-17(26-4)18(11-14)27-15-7-5-6-8-15/h9-11,15-16,19H,5-8,12-13H2,1-4H3. The van der Waals surface area contributed by atoms with E-state index in [1.165, 1.54) is 12.8 Å². The monoisotopic (exact) mass is 402 g/mol. The van der Waals surface area contributed by atoms with E-state index in [9.17, 15) is 4.79 Å². The van der Waals surface area contributed by atoms with Crippen LogP contribution in [0.4, 0.5) is 4.79 Å². The number of carbonyl (C=O) groups is 1. The van der Waals surface area contributed by atoms with E-state index < -0.39 is 5.60 Å². The minimum absolute atomic E-state index is 0.0234. The molecule has 0 aromatic heterocycles. The topological polar surface area (TPSA) is 69.6 Å². The molecule has 1 aromatic carbocycles. The summed E-state index contributed by atoms with van der Waals surface area (Å²) >= 11 is 0. The molecule has 2 fully saturated rings. The minimum atomic E-state index is -0.519. The van der Waals surface area contributed by atoms with E-state index in [1.54, 1.807) is 12.0 Å². The van der Waals surface area contributed by atoms with Gasteiger partial charge >= 0.3 is 6.09 Å². The molecule has 0 spiro atoms. The number of amides is 1. The van der Waals surface area contributed by atoms with E-state index in [1.807, 2.05) is 39.0 Å². The lowest BCUT2D eigenvalue weighted by atomic mass is 9.94. The summed E-state index contributed by atoms with van der Waals surface area (Å²) in [6.07, 6.45) is 4.35. The van der Waals surface area contributed by atoms with Crippen LogP contribution in [0.15, 0.2) is 23.4 Å². The van der Waals surface area contributed by atoms with Gasteiger partial charge in [0.05, 0.1) is 31.4 Å². The summed E-state index contributed by atoms with van der Waals surface area (Å²) < 4.78 is 17.2. The van der Waals surface area contributed by atoms with Crippen LogP contribution in [0.5, 0.6) is 11.5 Å². The van der Waals surface area contributed by atoms with Gasteiger partial charge in [-0.2, -0.15) is 0 Å². The molecule has 29 heavy (non-hydrogen) atoms. The number of oxime groups is 1. The number of nitrogens with zero attached hydrogens (tertiary/aromatic N) is 2. The molecule has 7 heteroatoms. The normalized spacial score (nSPS) is 24.1. The second-order valence-corrected chi connectivity index (χ2v) is 9.00.